The van der Waals surface area contributed by atoms with Crippen molar-refractivity contribution in [3.05, 3.63) is 34.9 Å². The molecular formula is C13H14Cl2O3. The Bertz CT molecular complexity index is 456. The summed E-state index contributed by atoms with van der Waals surface area (Å²) in [5, 5.41) is -0.663. The SMILES string of the molecule is CCOC(=O)c1ccc(CCl)c(C(=O)C(C)Cl)c1. The predicted molar refractivity (Wildman–Crippen MR) is 71.6 cm³/mol. The normalized spacial score (nSPS) is 12.0. The van der Waals surface area contributed by atoms with Crippen LogP contribution in [-0.2, 0) is 10.6 Å². The fourth-order valence-electron chi connectivity index (χ4n) is 1.48. The van der Waals surface area contributed by atoms with Crippen molar-refractivity contribution in [1.82, 2.24) is 0 Å². The van der Waals surface area contributed by atoms with E-state index >= 15 is 0 Å². The van der Waals surface area contributed by atoms with E-state index in [1.54, 1.807) is 26.0 Å². The number of Topliss-reactive ketones (excluding diaryl/α,β-unsaturated/α-hetero) is 1. The van der Waals surface area contributed by atoms with Gasteiger partial charge in [-0.3, -0.25) is 4.79 Å². The van der Waals surface area contributed by atoms with Gasteiger partial charge in [-0.05, 0) is 31.5 Å². The molecule has 0 saturated carbocycles. The molecular weight excluding hydrogens is 275 g/mol. The molecule has 0 saturated heterocycles. The number of hydrogen-bond acceptors (Lipinski definition) is 3. The Morgan fingerprint density at radius 2 is 2.06 bits per heavy atom. The molecule has 1 atom stereocenters. The number of ether oxygens (including phenoxy) is 1. The molecule has 0 spiro atoms. The summed E-state index contributed by atoms with van der Waals surface area (Å²) in [4.78, 5) is 23.5. The second-order valence-electron chi connectivity index (χ2n) is 3.71. The molecule has 0 bridgehead atoms. The Balaban J connectivity index is 3.17. The largest absolute Gasteiger partial charge is 0.462 e. The van der Waals surface area contributed by atoms with Crippen molar-refractivity contribution < 1.29 is 14.3 Å². The Hall–Kier alpha value is -1.06. The molecule has 0 heterocycles. The number of carbonyl (C=O) groups excluding carboxylic acids is 2. The minimum absolute atomic E-state index is 0.188. The van der Waals surface area contributed by atoms with Gasteiger partial charge in [0.2, 0.25) is 0 Å². The number of rotatable bonds is 5. The summed E-state index contributed by atoms with van der Waals surface area (Å²) in [6.07, 6.45) is 0. The second kappa shape index (κ2) is 6.76. The molecule has 1 aromatic carbocycles. The van der Waals surface area contributed by atoms with Crippen LogP contribution in [0.1, 0.15) is 40.1 Å². The minimum Gasteiger partial charge on any atom is -0.462 e. The lowest BCUT2D eigenvalue weighted by Gasteiger charge is -2.10. The molecule has 0 fully saturated rings. The minimum atomic E-state index is -0.663. The maximum Gasteiger partial charge on any atom is 0.338 e. The van der Waals surface area contributed by atoms with Crippen LogP contribution in [0.25, 0.3) is 0 Å². The van der Waals surface area contributed by atoms with E-state index < -0.39 is 11.3 Å². The van der Waals surface area contributed by atoms with Crippen LogP contribution in [0.3, 0.4) is 0 Å². The first-order valence-electron chi connectivity index (χ1n) is 5.55. The zero-order valence-corrected chi connectivity index (χ0v) is 11.7. The number of ketones is 1. The van der Waals surface area contributed by atoms with E-state index in [0.717, 1.165) is 0 Å². The Morgan fingerprint density at radius 1 is 1.39 bits per heavy atom. The number of halogens is 2. The molecule has 0 aliphatic heterocycles. The average Bonchev–Trinajstić information content (AvgIpc) is 2.37. The van der Waals surface area contributed by atoms with Crippen LogP contribution >= 0.6 is 23.2 Å². The Morgan fingerprint density at radius 3 is 2.56 bits per heavy atom. The molecule has 0 radical (unpaired) electrons. The molecule has 1 unspecified atom stereocenters. The Kier molecular flexibility index (Phi) is 5.63. The fraction of sp³-hybridized carbons (Fsp3) is 0.385. The first kappa shape index (κ1) is 15.0. The predicted octanol–water partition coefficient (Wildman–Crippen LogP) is 3.41. The van der Waals surface area contributed by atoms with Gasteiger partial charge in [-0.15, -0.1) is 23.2 Å². The van der Waals surface area contributed by atoms with Gasteiger partial charge < -0.3 is 4.74 Å². The van der Waals surface area contributed by atoms with Crippen molar-refractivity contribution in [1.29, 1.82) is 0 Å². The third-order valence-electron chi connectivity index (χ3n) is 2.39. The van der Waals surface area contributed by atoms with Gasteiger partial charge in [0.25, 0.3) is 0 Å². The summed E-state index contributed by atoms with van der Waals surface area (Å²) in [5.74, 6) is -0.526. The Labute approximate surface area is 116 Å². The average molecular weight is 289 g/mol. The standard InChI is InChI=1S/C13H14Cl2O3/c1-3-18-13(17)9-4-5-10(7-14)11(6-9)12(16)8(2)15/h4-6,8H,3,7H2,1-2H3. The highest BCUT2D eigenvalue weighted by atomic mass is 35.5. The molecule has 0 aliphatic rings. The molecule has 98 valence electrons. The molecule has 5 heteroatoms. The molecule has 0 N–H and O–H groups in total. The van der Waals surface area contributed by atoms with E-state index in [1.165, 1.54) is 6.07 Å². The summed E-state index contributed by atoms with van der Waals surface area (Å²) in [7, 11) is 0. The van der Waals surface area contributed by atoms with Crippen molar-refractivity contribution >= 4 is 35.0 Å². The number of benzene rings is 1. The number of esters is 1. The monoisotopic (exact) mass is 288 g/mol. The summed E-state index contributed by atoms with van der Waals surface area (Å²) >= 11 is 11.5. The van der Waals surface area contributed by atoms with Gasteiger partial charge in [0, 0.05) is 11.4 Å². The highest BCUT2D eigenvalue weighted by Gasteiger charge is 2.18. The number of hydrogen-bond donors (Lipinski definition) is 0. The maximum atomic E-state index is 11.9. The first-order chi connectivity index (χ1) is 8.51. The van der Waals surface area contributed by atoms with Crippen molar-refractivity contribution in [3.8, 4) is 0 Å². The van der Waals surface area contributed by atoms with Crippen molar-refractivity contribution in [2.24, 2.45) is 0 Å². The van der Waals surface area contributed by atoms with Crippen LogP contribution in [0.5, 0.6) is 0 Å². The van der Waals surface area contributed by atoms with E-state index in [1.807, 2.05) is 0 Å². The smallest absolute Gasteiger partial charge is 0.338 e. The van der Waals surface area contributed by atoms with Gasteiger partial charge >= 0.3 is 5.97 Å². The fourth-order valence-corrected chi connectivity index (χ4v) is 1.83. The third kappa shape index (κ3) is 3.47. The second-order valence-corrected chi connectivity index (χ2v) is 4.63. The van der Waals surface area contributed by atoms with Gasteiger partial charge in [0.15, 0.2) is 5.78 Å². The van der Waals surface area contributed by atoms with E-state index in [9.17, 15) is 9.59 Å². The number of carbonyl (C=O) groups is 2. The quantitative estimate of drug-likeness (QED) is 0.474. The van der Waals surface area contributed by atoms with Crippen molar-refractivity contribution in [3.63, 3.8) is 0 Å². The van der Waals surface area contributed by atoms with E-state index in [-0.39, 0.29) is 18.3 Å². The highest BCUT2D eigenvalue weighted by molar-refractivity contribution is 6.34. The van der Waals surface area contributed by atoms with E-state index in [2.05, 4.69) is 0 Å². The van der Waals surface area contributed by atoms with Gasteiger partial charge in [0.1, 0.15) is 0 Å². The van der Waals surface area contributed by atoms with E-state index in [0.29, 0.717) is 16.7 Å². The van der Waals surface area contributed by atoms with Crippen LogP contribution in [0.2, 0.25) is 0 Å². The van der Waals surface area contributed by atoms with Gasteiger partial charge in [0.05, 0.1) is 17.5 Å². The zero-order chi connectivity index (χ0) is 13.7. The van der Waals surface area contributed by atoms with Crippen LogP contribution in [0.15, 0.2) is 18.2 Å². The third-order valence-corrected chi connectivity index (χ3v) is 2.88. The summed E-state index contributed by atoms with van der Waals surface area (Å²) in [6.45, 7) is 3.59. The van der Waals surface area contributed by atoms with Crippen LogP contribution in [0.4, 0.5) is 0 Å². The summed E-state index contributed by atoms with van der Waals surface area (Å²) in [6, 6.07) is 4.72. The molecule has 1 aromatic rings. The van der Waals surface area contributed by atoms with Gasteiger partial charge in [-0.1, -0.05) is 6.07 Å². The molecule has 3 nitrogen and oxygen atoms in total. The van der Waals surface area contributed by atoms with Crippen molar-refractivity contribution in [2.75, 3.05) is 6.61 Å². The topological polar surface area (TPSA) is 43.4 Å². The molecule has 0 amide bonds. The van der Waals surface area contributed by atoms with Gasteiger partial charge in [-0.2, -0.15) is 0 Å². The summed E-state index contributed by atoms with van der Waals surface area (Å²) in [5.41, 5.74) is 1.35. The van der Waals surface area contributed by atoms with Gasteiger partial charge in [-0.25, -0.2) is 4.79 Å². The van der Waals surface area contributed by atoms with Crippen LogP contribution in [0, 0.1) is 0 Å². The molecule has 18 heavy (non-hydrogen) atoms. The molecule has 0 aromatic heterocycles. The molecule has 0 aliphatic carbocycles. The lowest BCUT2D eigenvalue weighted by atomic mass is 10.00. The zero-order valence-electron chi connectivity index (χ0n) is 10.2. The van der Waals surface area contributed by atoms with Crippen molar-refractivity contribution in [2.45, 2.75) is 25.1 Å². The lowest BCUT2D eigenvalue weighted by Crippen LogP contribution is -2.14. The first-order valence-corrected chi connectivity index (χ1v) is 6.52. The maximum absolute atomic E-state index is 11.9. The highest BCUT2D eigenvalue weighted by Crippen LogP contribution is 2.18. The summed E-state index contributed by atoms with van der Waals surface area (Å²) < 4.78 is 4.88. The lowest BCUT2D eigenvalue weighted by molar-refractivity contribution is 0.0526. The van der Waals surface area contributed by atoms with E-state index in [4.69, 9.17) is 27.9 Å². The number of alkyl halides is 2. The molecule has 1 rings (SSSR count). The van der Waals surface area contributed by atoms with Crippen LogP contribution in [-0.4, -0.2) is 23.7 Å². The van der Waals surface area contributed by atoms with Crippen LogP contribution < -0.4 is 0 Å².